The van der Waals surface area contributed by atoms with Crippen molar-refractivity contribution in [3.8, 4) is 16.9 Å². The van der Waals surface area contributed by atoms with Gasteiger partial charge < -0.3 is 89.9 Å². The third-order valence-corrected chi connectivity index (χ3v) is 26.0. The van der Waals surface area contributed by atoms with Crippen LogP contribution in [0.4, 0.5) is 21.4 Å². The highest BCUT2D eigenvalue weighted by molar-refractivity contribution is 7.85. The lowest BCUT2D eigenvalue weighted by Gasteiger charge is -2.66. The summed E-state index contributed by atoms with van der Waals surface area (Å²) >= 11 is 1.38. The van der Waals surface area contributed by atoms with E-state index >= 15 is 0 Å². The van der Waals surface area contributed by atoms with Gasteiger partial charge in [0.15, 0.2) is 16.9 Å². The van der Waals surface area contributed by atoms with Gasteiger partial charge in [-0.05, 0) is 171 Å². The van der Waals surface area contributed by atoms with E-state index < -0.39 is 137 Å². The number of methoxy groups -OCH3 is 2. The van der Waals surface area contributed by atoms with Crippen LogP contribution in [0, 0.1) is 35.0 Å². The van der Waals surface area contributed by atoms with Crippen LogP contribution >= 0.6 is 11.3 Å². The highest BCUT2D eigenvalue weighted by Gasteiger charge is 2.62. The highest BCUT2D eigenvalue weighted by atomic mass is 32.2. The number of nitrogens with one attached hydrogen (secondary N) is 5. The van der Waals surface area contributed by atoms with Crippen molar-refractivity contribution in [1.82, 2.24) is 45.5 Å². The first-order valence-corrected chi connectivity index (χ1v) is 42.9. The second kappa shape index (κ2) is 37.7. The van der Waals surface area contributed by atoms with Crippen molar-refractivity contribution in [2.75, 3.05) is 88.1 Å². The van der Waals surface area contributed by atoms with Crippen molar-refractivity contribution in [2.24, 2.45) is 28.1 Å². The Morgan fingerprint density at radius 2 is 1.61 bits per heavy atom. The Morgan fingerprint density at radius 1 is 0.842 bits per heavy atom. The number of pyridine rings is 1. The van der Waals surface area contributed by atoms with Crippen molar-refractivity contribution in [3.05, 3.63) is 112 Å². The lowest BCUT2D eigenvalue weighted by Crippen LogP contribution is -2.60. The molecule has 14 atom stereocenters. The first kappa shape index (κ1) is 89.4. The highest BCUT2D eigenvalue weighted by Crippen LogP contribution is 2.69. The van der Waals surface area contributed by atoms with E-state index in [1.54, 1.807) is 64.4 Å². The third kappa shape index (κ3) is 20.5. The number of rotatable bonds is 36. The van der Waals surface area contributed by atoms with Gasteiger partial charge in [0, 0.05) is 79.9 Å². The summed E-state index contributed by atoms with van der Waals surface area (Å²) in [5, 5.41) is 71.9. The summed E-state index contributed by atoms with van der Waals surface area (Å²) in [6.45, 7) is 13.3. The normalized spacial score (nSPS) is 24.9. The number of anilines is 3. The largest absolute Gasteiger partial charge is 0.496 e. The summed E-state index contributed by atoms with van der Waals surface area (Å²) in [7, 11) is -1.27. The fraction of sp³-hybridized carbons (Fsp3) is 0.566. The number of aromatic nitrogens is 4. The molecule has 3 bridgehead atoms. The molecule has 3 aromatic heterocycles. The van der Waals surface area contributed by atoms with Gasteiger partial charge in [0.1, 0.15) is 54.6 Å². The summed E-state index contributed by atoms with van der Waals surface area (Å²) in [6.07, 6.45) is -2.02. The molecule has 3 saturated carbocycles. The van der Waals surface area contributed by atoms with Crippen molar-refractivity contribution in [2.45, 2.75) is 200 Å². The van der Waals surface area contributed by atoms with E-state index in [0.717, 1.165) is 70.5 Å². The first-order chi connectivity index (χ1) is 57.0. The zero-order chi connectivity index (χ0) is 86.4. The number of hydrogen-bond donors (Lipinski definition) is 11. The van der Waals surface area contributed by atoms with Crippen LogP contribution in [0.1, 0.15) is 148 Å². The monoisotopic (exact) mass is 1700 g/mol. The number of aliphatic hydroxyl groups excluding tert-OH is 3. The molecule has 0 radical (unpaired) electrons. The van der Waals surface area contributed by atoms with Crippen LogP contribution in [-0.2, 0) is 95.1 Å². The Hall–Kier alpha value is -9.83. The van der Waals surface area contributed by atoms with Gasteiger partial charge in [0.25, 0.3) is 16.0 Å². The number of carboxylic acid groups (broad SMARTS) is 2. The number of para-hydroxylation sites is 1. The van der Waals surface area contributed by atoms with Crippen LogP contribution in [-0.4, -0.2) is 255 Å². The predicted molar refractivity (Wildman–Crippen MR) is 437 cm³/mol. The average Bonchev–Trinajstić information content (AvgIpc) is 0.785. The lowest BCUT2D eigenvalue weighted by molar-refractivity contribution is -0.228. The topological polar surface area (TPSA) is 478 Å². The molecular formula is C83H108N12O23S2. The minimum absolute atomic E-state index is 0.0123. The van der Waals surface area contributed by atoms with Gasteiger partial charge in [-0.2, -0.15) is 13.5 Å². The van der Waals surface area contributed by atoms with Gasteiger partial charge in [-0.15, -0.1) is 0 Å². The number of ether oxygens (including phenoxy) is 6. The maximum Gasteiger partial charge on any atom is 0.410 e. The van der Waals surface area contributed by atoms with Gasteiger partial charge in [-0.1, -0.05) is 64.2 Å². The zero-order valence-electron chi connectivity index (χ0n) is 68.7. The first-order valence-electron chi connectivity index (χ1n) is 40.5. The van der Waals surface area contributed by atoms with Gasteiger partial charge in [0.2, 0.25) is 29.5 Å². The summed E-state index contributed by atoms with van der Waals surface area (Å²) < 4.78 is 69.9. The summed E-state index contributed by atoms with van der Waals surface area (Å²) in [5.74, 6) is -6.39. The number of carboxylic acids is 2. The Balaban J connectivity index is 0.671. The number of aryl methyl sites for hydroxylation is 1. The van der Waals surface area contributed by atoms with Crippen molar-refractivity contribution in [3.63, 3.8) is 0 Å². The zero-order valence-corrected chi connectivity index (χ0v) is 70.3. The Kier molecular flexibility index (Phi) is 28.1. The number of hydrogen-bond acceptors (Lipinski definition) is 25. The van der Waals surface area contributed by atoms with Crippen molar-refractivity contribution in [1.29, 1.82) is 0 Å². The number of aromatic carboxylic acids is 1. The second-order valence-corrected chi connectivity index (χ2v) is 36.1. The van der Waals surface area contributed by atoms with E-state index in [1.807, 2.05) is 46.8 Å². The molecule has 650 valence electrons. The summed E-state index contributed by atoms with van der Waals surface area (Å²) in [4.78, 5) is 135. The summed E-state index contributed by atoms with van der Waals surface area (Å²) in [6, 6.07) is 15.1. The van der Waals surface area contributed by atoms with Crippen LogP contribution in [0.15, 0.2) is 72.9 Å². The van der Waals surface area contributed by atoms with Gasteiger partial charge in [0.05, 0.1) is 80.5 Å². The van der Waals surface area contributed by atoms with Gasteiger partial charge >= 0.3 is 18.0 Å². The molecule has 35 nitrogen and oxygen atoms in total. The van der Waals surface area contributed by atoms with Crippen LogP contribution in [0.3, 0.4) is 0 Å². The molecule has 3 aliphatic heterocycles. The van der Waals surface area contributed by atoms with E-state index in [2.05, 4.69) is 45.4 Å². The Bertz CT molecular complexity index is 4910. The molecule has 120 heavy (non-hydrogen) atoms. The van der Waals surface area contributed by atoms with E-state index in [1.165, 1.54) is 36.3 Å². The molecule has 12 rings (SSSR count). The number of nitrogens with zero attached hydrogens (tertiary/aromatic N) is 7. The van der Waals surface area contributed by atoms with E-state index in [9.17, 15) is 77.1 Å². The van der Waals surface area contributed by atoms with E-state index in [-0.39, 0.29) is 117 Å². The number of benzene rings is 3. The van der Waals surface area contributed by atoms with Crippen LogP contribution in [0.2, 0.25) is 0 Å². The number of fused-ring (bicyclic) bond motifs is 4. The molecule has 6 aliphatic rings. The minimum atomic E-state index is -4.37. The quantitative estimate of drug-likeness (QED) is 0.0161. The maximum absolute atomic E-state index is 14.3. The van der Waals surface area contributed by atoms with Gasteiger partial charge in [-0.3, -0.25) is 43.3 Å². The van der Waals surface area contributed by atoms with Crippen LogP contribution in [0.25, 0.3) is 21.3 Å². The standard InChI is InChI=1S/C83H108N12O23S2/c1-10-65(96)87-59-34-51(40-115-31-32-120(110,111)112)94(76(59)104)38-66(97)90-67(45(2)3)75(103)85-46(4)73(101)86-50-17-15-49(48(33-50)16-20-61-69(98)70(99)71(100)72(118-61)78(107)108)39-117-80(109)92(27-29-113-8)28-30-116-62-35-81(6)41-82(7)43-83(42-81,25-23-57(62)82)44-95-47(5)55(36-84-95)53-19-22-64(89-68(53)77(105)106)93-26-24-52-56(37-93)54(18-21-60(52)114-9)74(102)91-79-88-58-13-11-12-14-63(58)119-79/h11-15,17-19,21-22,33,36,45-46,51,57,59,61-62,67,69-72,98-100H,10,16,20,23-32,34-35,37-44H2,1-9H3,(H,85,103)(H,86,101)(H,87,96)(H,90,97)(H,105,106)(H,107,108)(H,88,91,102)(H,110,111,112)/t46-,51-,57?,59-,61-,62?,67-,69-,70+,71-,72-,81?,82?,83?/m0/s1. The number of thiazole rings is 1. The van der Waals surface area contributed by atoms with E-state index in [0.29, 0.717) is 64.0 Å². The molecule has 3 aromatic carbocycles. The number of aliphatic hydroxyl groups is 3. The maximum atomic E-state index is 14.3. The molecule has 5 fully saturated rings. The van der Waals surface area contributed by atoms with E-state index in [4.69, 9.17) is 43.1 Å². The smallest absolute Gasteiger partial charge is 0.410 e. The SMILES string of the molecule is CCC(=O)N[C@H]1C[C@@H](COCCS(=O)(=O)O)N(CC(=O)N[C@H](C(=O)N[C@@H](C)C(=O)Nc2ccc(COC(=O)N(CCOC)CCOC3CC4(C)CC5(Cn6ncc(-c7ccc(N8CCc9c(OC)ccc(C(=O)Nc%10nc%11ccccc%11s%10)c9C8)nc7C(=O)O)c6C)CCC3C(C)(C4)C5)c(CC[C@@H]3O[C@H](C(=O)O)[C@@H](O)[C@H](O)[C@H]3O)c2)C(C)C)C1=O. The molecule has 6 heterocycles. The molecule has 3 aliphatic carbocycles. The molecular weight excluding hydrogens is 1600 g/mol. The molecule has 6 aromatic rings. The summed E-state index contributed by atoms with van der Waals surface area (Å²) in [5.41, 5.74) is 5.35. The fourth-order valence-electron chi connectivity index (χ4n) is 18.9. The Labute approximate surface area is 698 Å². The molecule has 0 spiro atoms. The number of amides is 7. The number of likely N-dealkylation sites (tertiary alicyclic amines) is 1. The van der Waals surface area contributed by atoms with Crippen LogP contribution < -0.4 is 36.2 Å². The molecule has 7 amide bonds. The number of aliphatic carboxylic acids is 1. The van der Waals surface area contributed by atoms with Crippen molar-refractivity contribution < 1.29 is 110 Å². The molecule has 2 saturated heterocycles. The second-order valence-electron chi connectivity index (χ2n) is 33.5. The predicted octanol–water partition coefficient (Wildman–Crippen LogP) is 5.90. The fourth-order valence-corrected chi connectivity index (χ4v) is 20.0. The molecule has 37 heteroatoms. The number of carbonyl (C=O) groups is 9. The molecule has 11 N–H and O–H groups in total. The lowest BCUT2D eigenvalue weighted by atomic mass is 9.41. The average molecular weight is 1710 g/mol. The number of carbonyl (C=O) groups excluding carboxylic acids is 7. The molecule has 5 unspecified atom stereocenters. The minimum Gasteiger partial charge on any atom is -0.496 e. The van der Waals surface area contributed by atoms with Crippen LogP contribution in [0.5, 0.6) is 5.75 Å². The Morgan fingerprint density at radius 3 is 2.33 bits per heavy atom. The van der Waals surface area contributed by atoms with Gasteiger partial charge in [-0.25, -0.2) is 24.4 Å². The third-order valence-electron chi connectivity index (χ3n) is 24.4. The van der Waals surface area contributed by atoms with Crippen molar-refractivity contribution >= 4 is 102 Å².